The van der Waals surface area contributed by atoms with Gasteiger partial charge in [-0.05, 0) is 5.56 Å². The molecule has 0 spiro atoms. The van der Waals surface area contributed by atoms with Crippen LogP contribution in [0.3, 0.4) is 0 Å². The predicted octanol–water partition coefficient (Wildman–Crippen LogP) is 2.23. The van der Waals surface area contributed by atoms with Gasteiger partial charge in [0.1, 0.15) is 0 Å². The van der Waals surface area contributed by atoms with Gasteiger partial charge >= 0.3 is 0 Å². The second-order valence-corrected chi connectivity index (χ2v) is 2.55. The minimum atomic E-state index is 0.612. The van der Waals surface area contributed by atoms with Gasteiger partial charge < -0.3 is 0 Å². The number of aromatic nitrogens is 3. The lowest BCUT2D eigenvalue weighted by atomic mass is 10.2. The Kier molecular flexibility index (Phi) is 4.64. The number of hydrogen-bond donors (Lipinski definition) is 1. The number of nitrogens with one attached hydrogen (secondary N) is 1. The van der Waals surface area contributed by atoms with Crippen LogP contribution >= 0.6 is 11.6 Å². The standard InChI is InChI=1S/C7H7Cl.C2H3N3/c8-6-7-4-2-1-3-5-7;1-2-4-5-3-1/h1-5H,6H2;1-2H,(H,3,4,5). The van der Waals surface area contributed by atoms with Gasteiger partial charge in [0.2, 0.25) is 0 Å². The molecule has 1 aromatic heterocycles. The number of rotatable bonds is 1. The Labute approximate surface area is 81.7 Å². The highest BCUT2D eigenvalue weighted by molar-refractivity contribution is 6.17. The Morgan fingerprint density at radius 1 is 1.23 bits per heavy atom. The summed E-state index contributed by atoms with van der Waals surface area (Å²) in [6.07, 6.45) is 3.24. The molecule has 0 aliphatic heterocycles. The molecule has 0 radical (unpaired) electrons. The largest absolute Gasteiger partial charge is 0.266 e. The molecule has 13 heavy (non-hydrogen) atoms. The van der Waals surface area contributed by atoms with Crippen LogP contribution < -0.4 is 0 Å². The van der Waals surface area contributed by atoms with E-state index in [9.17, 15) is 0 Å². The Bertz CT molecular complexity index is 277. The molecule has 4 heteroatoms. The van der Waals surface area contributed by atoms with Gasteiger partial charge in [-0.15, -0.1) is 16.7 Å². The van der Waals surface area contributed by atoms with E-state index in [0.29, 0.717) is 5.88 Å². The summed E-state index contributed by atoms with van der Waals surface area (Å²) in [6, 6.07) is 9.96. The van der Waals surface area contributed by atoms with Crippen molar-refractivity contribution in [1.82, 2.24) is 15.4 Å². The molecule has 0 aliphatic rings. The van der Waals surface area contributed by atoms with E-state index in [1.165, 1.54) is 5.56 Å². The Hall–Kier alpha value is -1.35. The maximum absolute atomic E-state index is 5.53. The van der Waals surface area contributed by atoms with Gasteiger partial charge in [0.05, 0.1) is 6.20 Å². The van der Waals surface area contributed by atoms with Crippen LogP contribution in [0.5, 0.6) is 0 Å². The first-order valence-electron chi connectivity index (χ1n) is 3.84. The molecule has 2 aromatic rings. The lowest BCUT2D eigenvalue weighted by Crippen LogP contribution is -1.71. The molecule has 1 aromatic carbocycles. The minimum absolute atomic E-state index is 0.612. The Morgan fingerprint density at radius 2 is 2.00 bits per heavy atom. The highest BCUT2D eigenvalue weighted by Gasteiger charge is 1.81. The van der Waals surface area contributed by atoms with Crippen molar-refractivity contribution in [1.29, 1.82) is 0 Å². The van der Waals surface area contributed by atoms with Crippen molar-refractivity contribution < 1.29 is 0 Å². The summed E-state index contributed by atoms with van der Waals surface area (Å²) < 4.78 is 0. The van der Waals surface area contributed by atoms with Crippen molar-refractivity contribution in [2.24, 2.45) is 0 Å². The molecule has 68 valence electrons. The molecule has 0 saturated heterocycles. The summed E-state index contributed by atoms with van der Waals surface area (Å²) in [5.74, 6) is 0.612. The molecule has 0 fully saturated rings. The minimum Gasteiger partial charge on any atom is -0.266 e. The van der Waals surface area contributed by atoms with Crippen LogP contribution in [0.1, 0.15) is 5.56 Å². The molecule has 0 saturated carbocycles. The van der Waals surface area contributed by atoms with Crippen molar-refractivity contribution in [3.8, 4) is 0 Å². The van der Waals surface area contributed by atoms with E-state index in [4.69, 9.17) is 11.6 Å². The summed E-state index contributed by atoms with van der Waals surface area (Å²) in [5.41, 5.74) is 1.18. The fourth-order valence-corrected chi connectivity index (χ4v) is 0.912. The van der Waals surface area contributed by atoms with Crippen molar-refractivity contribution in [3.05, 3.63) is 48.3 Å². The zero-order valence-corrected chi connectivity index (χ0v) is 7.78. The number of hydrogen-bond acceptors (Lipinski definition) is 2. The van der Waals surface area contributed by atoms with Crippen LogP contribution in [0.2, 0.25) is 0 Å². The summed E-state index contributed by atoms with van der Waals surface area (Å²) >= 11 is 5.53. The highest BCUT2D eigenvalue weighted by atomic mass is 35.5. The average molecular weight is 196 g/mol. The van der Waals surface area contributed by atoms with E-state index >= 15 is 0 Å². The third-order valence-corrected chi connectivity index (χ3v) is 1.64. The molecule has 0 bridgehead atoms. The summed E-state index contributed by atoms with van der Waals surface area (Å²) in [4.78, 5) is 0. The third kappa shape index (κ3) is 4.28. The highest BCUT2D eigenvalue weighted by Crippen LogP contribution is 2.00. The smallest absolute Gasteiger partial charge is 0.0690 e. The third-order valence-electron chi connectivity index (χ3n) is 1.33. The number of H-pyrrole nitrogens is 1. The number of aromatic amines is 1. The first-order valence-corrected chi connectivity index (χ1v) is 4.37. The van der Waals surface area contributed by atoms with Crippen molar-refractivity contribution in [2.75, 3.05) is 0 Å². The van der Waals surface area contributed by atoms with Crippen LogP contribution in [0.25, 0.3) is 0 Å². The lowest BCUT2D eigenvalue weighted by molar-refractivity contribution is 0.940. The van der Waals surface area contributed by atoms with Crippen molar-refractivity contribution in [2.45, 2.75) is 5.88 Å². The van der Waals surface area contributed by atoms with Crippen LogP contribution in [0.4, 0.5) is 0 Å². The maximum Gasteiger partial charge on any atom is 0.0690 e. The van der Waals surface area contributed by atoms with Gasteiger partial charge in [-0.2, -0.15) is 0 Å². The average Bonchev–Trinajstić information content (AvgIpc) is 2.77. The molecule has 1 heterocycles. The number of alkyl halides is 1. The van der Waals surface area contributed by atoms with Crippen LogP contribution in [-0.2, 0) is 5.88 Å². The van der Waals surface area contributed by atoms with Gasteiger partial charge in [0.25, 0.3) is 0 Å². The number of benzene rings is 1. The van der Waals surface area contributed by atoms with Crippen molar-refractivity contribution in [3.63, 3.8) is 0 Å². The van der Waals surface area contributed by atoms with E-state index in [2.05, 4.69) is 15.4 Å². The van der Waals surface area contributed by atoms with Gasteiger partial charge in [0.15, 0.2) is 0 Å². The molecule has 0 unspecified atom stereocenters. The normalized spacial score (nSPS) is 8.69. The van der Waals surface area contributed by atoms with Crippen LogP contribution in [0.15, 0.2) is 42.7 Å². The predicted molar refractivity (Wildman–Crippen MR) is 52.4 cm³/mol. The first-order chi connectivity index (χ1) is 6.43. The van der Waals surface area contributed by atoms with E-state index < -0.39 is 0 Å². The molecular formula is C9H10ClN3. The number of halogens is 1. The quantitative estimate of drug-likeness (QED) is 0.709. The van der Waals surface area contributed by atoms with E-state index in [-0.39, 0.29) is 0 Å². The zero-order chi connectivity index (χ0) is 9.36. The van der Waals surface area contributed by atoms with Crippen LogP contribution in [-0.4, -0.2) is 15.4 Å². The van der Waals surface area contributed by atoms with Gasteiger partial charge in [-0.1, -0.05) is 35.5 Å². The molecule has 3 nitrogen and oxygen atoms in total. The summed E-state index contributed by atoms with van der Waals surface area (Å²) in [7, 11) is 0. The summed E-state index contributed by atoms with van der Waals surface area (Å²) in [5, 5.41) is 9.26. The molecule has 1 N–H and O–H groups in total. The molecular weight excluding hydrogens is 186 g/mol. The second kappa shape index (κ2) is 6.20. The zero-order valence-electron chi connectivity index (χ0n) is 7.02. The monoisotopic (exact) mass is 195 g/mol. The van der Waals surface area contributed by atoms with E-state index in [1.54, 1.807) is 12.4 Å². The van der Waals surface area contributed by atoms with E-state index in [0.717, 1.165) is 0 Å². The second-order valence-electron chi connectivity index (χ2n) is 2.28. The first kappa shape index (κ1) is 9.74. The topological polar surface area (TPSA) is 41.6 Å². The maximum atomic E-state index is 5.53. The van der Waals surface area contributed by atoms with Crippen molar-refractivity contribution >= 4 is 11.6 Å². The molecule has 0 atom stereocenters. The van der Waals surface area contributed by atoms with Gasteiger partial charge in [0, 0.05) is 12.1 Å². The van der Waals surface area contributed by atoms with Crippen LogP contribution in [0, 0.1) is 0 Å². The fourth-order valence-electron chi connectivity index (χ4n) is 0.734. The molecule has 2 rings (SSSR count). The number of nitrogens with zero attached hydrogens (tertiary/aromatic N) is 2. The molecule has 0 aliphatic carbocycles. The van der Waals surface area contributed by atoms with Gasteiger partial charge in [-0.3, -0.25) is 5.10 Å². The lowest BCUT2D eigenvalue weighted by Gasteiger charge is -1.88. The van der Waals surface area contributed by atoms with Gasteiger partial charge in [-0.25, -0.2) is 0 Å². The Balaban J connectivity index is 0.000000145. The van der Waals surface area contributed by atoms with E-state index in [1.807, 2.05) is 30.3 Å². The summed E-state index contributed by atoms with van der Waals surface area (Å²) in [6.45, 7) is 0. The molecule has 0 amide bonds. The Morgan fingerprint density at radius 3 is 2.31 bits per heavy atom. The fraction of sp³-hybridized carbons (Fsp3) is 0.111. The SMILES string of the molecule is ClCc1ccccc1.c1c[nH]nn1.